The van der Waals surface area contributed by atoms with Crippen LogP contribution in [0.3, 0.4) is 0 Å². The normalized spacial score (nSPS) is 23.8. The first-order valence-corrected chi connectivity index (χ1v) is 9.70. The highest BCUT2D eigenvalue weighted by molar-refractivity contribution is 8.07. The molecule has 0 amide bonds. The third-order valence-corrected chi connectivity index (χ3v) is 7.42. The largest absolute Gasteiger partial charge is 0.497 e. The summed E-state index contributed by atoms with van der Waals surface area (Å²) in [4.78, 5) is 0. The van der Waals surface area contributed by atoms with Gasteiger partial charge in [0.15, 0.2) is 0 Å². The van der Waals surface area contributed by atoms with Gasteiger partial charge in [-0.25, -0.2) is 0 Å². The molecule has 1 heterocycles. The summed E-state index contributed by atoms with van der Waals surface area (Å²) in [5.41, 5.74) is 4.41. The van der Waals surface area contributed by atoms with Gasteiger partial charge in [0, 0.05) is 28.0 Å². The average molecular weight is 327 g/mol. The maximum atomic E-state index is 5.84. The summed E-state index contributed by atoms with van der Waals surface area (Å²) in [6, 6.07) is 8.73. The van der Waals surface area contributed by atoms with E-state index >= 15 is 0 Å². The van der Waals surface area contributed by atoms with E-state index in [1.54, 1.807) is 7.11 Å². The Labute approximate surface area is 136 Å². The number of thioether (sulfide) groups is 2. The van der Waals surface area contributed by atoms with Crippen molar-refractivity contribution in [1.82, 2.24) is 5.43 Å². The van der Waals surface area contributed by atoms with Gasteiger partial charge in [0.05, 0.1) is 7.11 Å². The van der Waals surface area contributed by atoms with Crippen molar-refractivity contribution in [2.24, 2.45) is 5.84 Å². The molecule has 1 aliphatic rings. The molecule has 1 fully saturated rings. The molecule has 0 spiro atoms. The summed E-state index contributed by atoms with van der Waals surface area (Å²) in [5.74, 6) is 9.27. The first kappa shape index (κ1) is 17.0. The Bertz CT molecular complexity index is 413. The zero-order chi connectivity index (χ0) is 15.1. The number of benzene rings is 1. The molecule has 3 atom stereocenters. The minimum atomic E-state index is 0.384. The standard InChI is InChI=1S/C16H26N2OS2/c1-3-15-16(21-11-10-20-15)14(18-17)9-6-12-4-7-13(19-2)8-5-12/h4-5,7-8,14-16,18H,3,6,9-11,17H2,1-2H3. The van der Waals surface area contributed by atoms with Gasteiger partial charge < -0.3 is 4.74 Å². The number of aryl methyl sites for hydroxylation is 1. The minimum Gasteiger partial charge on any atom is -0.497 e. The Kier molecular flexibility index (Phi) is 7.23. The molecule has 0 radical (unpaired) electrons. The molecule has 3 unspecified atom stereocenters. The van der Waals surface area contributed by atoms with Crippen LogP contribution in [0, 0.1) is 0 Å². The number of rotatable bonds is 7. The average Bonchev–Trinajstić information content (AvgIpc) is 2.56. The van der Waals surface area contributed by atoms with E-state index in [4.69, 9.17) is 10.6 Å². The lowest BCUT2D eigenvalue weighted by molar-refractivity contribution is 0.414. The fraction of sp³-hybridized carbons (Fsp3) is 0.625. The predicted molar refractivity (Wildman–Crippen MR) is 95.2 cm³/mol. The number of hydrazine groups is 1. The van der Waals surface area contributed by atoms with Crippen molar-refractivity contribution in [1.29, 1.82) is 0 Å². The lowest BCUT2D eigenvalue weighted by Crippen LogP contribution is -2.48. The van der Waals surface area contributed by atoms with Gasteiger partial charge in [-0.3, -0.25) is 11.3 Å². The quantitative estimate of drug-likeness (QED) is 0.595. The Morgan fingerprint density at radius 1 is 1.29 bits per heavy atom. The van der Waals surface area contributed by atoms with Crippen LogP contribution in [-0.2, 0) is 6.42 Å². The van der Waals surface area contributed by atoms with E-state index in [0.717, 1.165) is 23.8 Å². The molecule has 1 aromatic rings. The summed E-state index contributed by atoms with van der Waals surface area (Å²) < 4.78 is 5.20. The van der Waals surface area contributed by atoms with Gasteiger partial charge in [0.25, 0.3) is 0 Å². The van der Waals surface area contributed by atoms with E-state index in [1.165, 1.54) is 23.5 Å². The highest BCUT2D eigenvalue weighted by Crippen LogP contribution is 2.36. The molecule has 3 nitrogen and oxygen atoms in total. The van der Waals surface area contributed by atoms with Crippen molar-refractivity contribution in [2.75, 3.05) is 18.6 Å². The van der Waals surface area contributed by atoms with Crippen molar-refractivity contribution >= 4 is 23.5 Å². The van der Waals surface area contributed by atoms with Gasteiger partial charge in [-0.1, -0.05) is 19.1 Å². The molecule has 1 aromatic carbocycles. The number of nitrogens with one attached hydrogen (secondary N) is 1. The Morgan fingerprint density at radius 3 is 2.62 bits per heavy atom. The van der Waals surface area contributed by atoms with Gasteiger partial charge in [-0.15, -0.1) is 0 Å². The topological polar surface area (TPSA) is 47.3 Å². The summed E-state index contributed by atoms with van der Waals surface area (Å²) in [6.45, 7) is 2.29. The Hall–Kier alpha value is -0.360. The smallest absolute Gasteiger partial charge is 0.118 e. The minimum absolute atomic E-state index is 0.384. The highest BCUT2D eigenvalue weighted by Gasteiger charge is 2.31. The second kappa shape index (κ2) is 8.93. The van der Waals surface area contributed by atoms with Crippen LogP contribution in [0.4, 0.5) is 0 Å². The van der Waals surface area contributed by atoms with Gasteiger partial charge in [-0.2, -0.15) is 23.5 Å². The molecular weight excluding hydrogens is 300 g/mol. The van der Waals surface area contributed by atoms with Crippen molar-refractivity contribution in [3.63, 3.8) is 0 Å². The molecule has 0 bridgehead atoms. The fourth-order valence-corrected chi connectivity index (χ4v) is 6.05. The van der Waals surface area contributed by atoms with E-state index in [0.29, 0.717) is 11.3 Å². The third kappa shape index (κ3) is 4.81. The molecule has 0 aliphatic carbocycles. The predicted octanol–water partition coefficient (Wildman–Crippen LogP) is 3.09. The van der Waals surface area contributed by atoms with Crippen molar-refractivity contribution in [3.05, 3.63) is 29.8 Å². The molecule has 3 N–H and O–H groups in total. The molecule has 21 heavy (non-hydrogen) atoms. The molecule has 1 aliphatic heterocycles. The molecule has 0 saturated carbocycles. The van der Waals surface area contributed by atoms with Crippen LogP contribution in [0.1, 0.15) is 25.3 Å². The van der Waals surface area contributed by atoms with Crippen LogP contribution in [-0.4, -0.2) is 35.2 Å². The number of hydrogen-bond donors (Lipinski definition) is 2. The lowest BCUT2D eigenvalue weighted by atomic mass is 10.0. The number of hydrogen-bond acceptors (Lipinski definition) is 5. The van der Waals surface area contributed by atoms with Crippen molar-refractivity contribution < 1.29 is 4.74 Å². The molecule has 0 aromatic heterocycles. The Balaban J connectivity index is 1.91. The van der Waals surface area contributed by atoms with Crippen LogP contribution in [0.2, 0.25) is 0 Å². The summed E-state index contributed by atoms with van der Waals surface area (Å²) in [5, 5.41) is 1.35. The van der Waals surface area contributed by atoms with Crippen LogP contribution in [0.25, 0.3) is 0 Å². The SMILES string of the molecule is CCC1SCCSC1C(CCc1ccc(OC)cc1)NN. The van der Waals surface area contributed by atoms with Crippen molar-refractivity contribution in [2.45, 2.75) is 42.7 Å². The zero-order valence-electron chi connectivity index (χ0n) is 12.9. The summed E-state index contributed by atoms with van der Waals surface area (Å²) in [7, 11) is 1.70. The van der Waals surface area contributed by atoms with E-state index in [9.17, 15) is 0 Å². The van der Waals surface area contributed by atoms with Gasteiger partial charge in [0.1, 0.15) is 5.75 Å². The Morgan fingerprint density at radius 2 is 2.00 bits per heavy atom. The highest BCUT2D eigenvalue weighted by atomic mass is 32.2. The molecular formula is C16H26N2OS2. The second-order valence-electron chi connectivity index (χ2n) is 5.31. The number of methoxy groups -OCH3 is 1. The second-order valence-corrected chi connectivity index (χ2v) is 7.95. The van der Waals surface area contributed by atoms with Gasteiger partial charge in [0.2, 0.25) is 0 Å². The third-order valence-electron chi connectivity index (χ3n) is 4.01. The first-order chi connectivity index (χ1) is 10.3. The van der Waals surface area contributed by atoms with E-state index in [2.05, 4.69) is 48.0 Å². The number of ether oxygens (including phenoxy) is 1. The monoisotopic (exact) mass is 326 g/mol. The maximum Gasteiger partial charge on any atom is 0.118 e. The van der Waals surface area contributed by atoms with E-state index in [1.807, 2.05) is 12.1 Å². The molecule has 1 saturated heterocycles. The van der Waals surface area contributed by atoms with E-state index < -0.39 is 0 Å². The van der Waals surface area contributed by atoms with Crippen LogP contribution >= 0.6 is 23.5 Å². The molecule has 5 heteroatoms. The molecule has 118 valence electrons. The number of nitrogens with two attached hydrogens (primary N) is 1. The van der Waals surface area contributed by atoms with Gasteiger partial charge in [-0.05, 0) is 37.0 Å². The fourth-order valence-electron chi connectivity index (χ4n) is 2.77. The first-order valence-electron chi connectivity index (χ1n) is 7.60. The maximum absolute atomic E-state index is 5.84. The van der Waals surface area contributed by atoms with Crippen molar-refractivity contribution in [3.8, 4) is 5.75 Å². The van der Waals surface area contributed by atoms with Crippen LogP contribution in [0.15, 0.2) is 24.3 Å². The summed E-state index contributed by atoms with van der Waals surface area (Å²) >= 11 is 4.20. The summed E-state index contributed by atoms with van der Waals surface area (Å²) in [6.07, 6.45) is 3.36. The van der Waals surface area contributed by atoms with Gasteiger partial charge >= 0.3 is 0 Å². The van der Waals surface area contributed by atoms with E-state index in [-0.39, 0.29) is 0 Å². The van der Waals surface area contributed by atoms with Crippen LogP contribution in [0.5, 0.6) is 5.75 Å². The lowest BCUT2D eigenvalue weighted by Gasteiger charge is -2.35. The van der Waals surface area contributed by atoms with Crippen LogP contribution < -0.4 is 16.0 Å². The zero-order valence-corrected chi connectivity index (χ0v) is 14.5. The molecule has 2 rings (SSSR count).